The predicted octanol–water partition coefficient (Wildman–Crippen LogP) is -0.831. The van der Waals surface area contributed by atoms with Gasteiger partial charge < -0.3 is 15.7 Å². The monoisotopic (exact) mass is 241 g/mol. The number of nitrogens with one attached hydrogen (secondary N) is 2. The SMILES string of the molecule is O=C(CN1CCNCC1)NCC1CCC(O)C1. The van der Waals surface area contributed by atoms with E-state index in [1.165, 1.54) is 0 Å². The van der Waals surface area contributed by atoms with Crippen LogP contribution in [0.1, 0.15) is 19.3 Å². The second-order valence-electron chi connectivity index (χ2n) is 5.16. The zero-order chi connectivity index (χ0) is 12.1. The van der Waals surface area contributed by atoms with Crippen LogP contribution in [-0.2, 0) is 4.79 Å². The maximum atomic E-state index is 11.7. The Kier molecular flexibility index (Phi) is 4.76. The fraction of sp³-hybridized carbons (Fsp3) is 0.917. The fourth-order valence-corrected chi connectivity index (χ4v) is 2.62. The molecule has 1 saturated carbocycles. The molecular formula is C12H23N3O2. The van der Waals surface area contributed by atoms with Crippen molar-refractivity contribution < 1.29 is 9.90 Å². The zero-order valence-corrected chi connectivity index (χ0v) is 10.3. The van der Waals surface area contributed by atoms with Gasteiger partial charge >= 0.3 is 0 Å². The van der Waals surface area contributed by atoms with E-state index in [-0.39, 0.29) is 12.0 Å². The van der Waals surface area contributed by atoms with Crippen molar-refractivity contribution in [1.82, 2.24) is 15.5 Å². The number of amides is 1. The van der Waals surface area contributed by atoms with E-state index in [9.17, 15) is 9.90 Å². The van der Waals surface area contributed by atoms with Crippen LogP contribution in [0.4, 0.5) is 0 Å². The van der Waals surface area contributed by atoms with Crippen molar-refractivity contribution in [3.8, 4) is 0 Å². The lowest BCUT2D eigenvalue weighted by Gasteiger charge is -2.26. The molecule has 1 amide bonds. The predicted molar refractivity (Wildman–Crippen MR) is 65.7 cm³/mol. The largest absolute Gasteiger partial charge is 0.393 e. The van der Waals surface area contributed by atoms with Crippen molar-refractivity contribution in [3.63, 3.8) is 0 Å². The lowest BCUT2D eigenvalue weighted by atomic mass is 10.1. The van der Waals surface area contributed by atoms with Crippen LogP contribution < -0.4 is 10.6 Å². The van der Waals surface area contributed by atoms with Gasteiger partial charge in [0.2, 0.25) is 5.91 Å². The number of aliphatic hydroxyl groups is 1. The number of piperazine rings is 1. The summed E-state index contributed by atoms with van der Waals surface area (Å²) in [5.41, 5.74) is 0. The summed E-state index contributed by atoms with van der Waals surface area (Å²) in [6.07, 6.45) is 2.62. The second-order valence-corrected chi connectivity index (χ2v) is 5.16. The fourth-order valence-electron chi connectivity index (χ4n) is 2.62. The molecule has 0 bridgehead atoms. The number of aliphatic hydroxyl groups excluding tert-OH is 1. The average Bonchev–Trinajstić information content (AvgIpc) is 2.74. The van der Waals surface area contributed by atoms with Crippen LogP contribution >= 0.6 is 0 Å². The minimum atomic E-state index is -0.148. The maximum absolute atomic E-state index is 11.7. The minimum Gasteiger partial charge on any atom is -0.393 e. The van der Waals surface area contributed by atoms with E-state index in [2.05, 4.69) is 15.5 Å². The summed E-state index contributed by atoms with van der Waals surface area (Å²) in [5, 5.41) is 15.6. The number of hydrogen-bond acceptors (Lipinski definition) is 4. The molecule has 3 N–H and O–H groups in total. The van der Waals surface area contributed by atoms with Gasteiger partial charge in [-0.05, 0) is 25.2 Å². The average molecular weight is 241 g/mol. The number of carbonyl (C=O) groups excluding carboxylic acids is 1. The van der Waals surface area contributed by atoms with Crippen molar-refractivity contribution in [2.75, 3.05) is 39.3 Å². The molecule has 0 aromatic heterocycles. The van der Waals surface area contributed by atoms with Crippen LogP contribution in [0.3, 0.4) is 0 Å². The standard InChI is InChI=1S/C12H23N3O2/c16-11-2-1-10(7-11)8-14-12(17)9-15-5-3-13-4-6-15/h10-11,13,16H,1-9H2,(H,14,17). The van der Waals surface area contributed by atoms with E-state index >= 15 is 0 Å². The molecule has 0 aromatic carbocycles. The summed E-state index contributed by atoms with van der Waals surface area (Å²) in [7, 11) is 0. The Bertz CT molecular complexity index is 254. The van der Waals surface area contributed by atoms with Gasteiger partial charge in [0.15, 0.2) is 0 Å². The highest BCUT2D eigenvalue weighted by molar-refractivity contribution is 5.78. The molecule has 1 aliphatic heterocycles. The van der Waals surface area contributed by atoms with Crippen molar-refractivity contribution in [2.24, 2.45) is 5.92 Å². The van der Waals surface area contributed by atoms with Gasteiger partial charge in [0.05, 0.1) is 12.6 Å². The first kappa shape index (κ1) is 12.8. The van der Waals surface area contributed by atoms with E-state index in [4.69, 9.17) is 0 Å². The number of rotatable bonds is 4. The molecule has 2 aliphatic rings. The third-order valence-electron chi connectivity index (χ3n) is 3.68. The Balaban J connectivity index is 1.60. The molecule has 2 unspecified atom stereocenters. The van der Waals surface area contributed by atoms with Crippen molar-refractivity contribution in [3.05, 3.63) is 0 Å². The Morgan fingerprint density at radius 1 is 1.35 bits per heavy atom. The molecule has 17 heavy (non-hydrogen) atoms. The lowest BCUT2D eigenvalue weighted by molar-refractivity contribution is -0.122. The van der Waals surface area contributed by atoms with E-state index in [0.29, 0.717) is 12.5 Å². The summed E-state index contributed by atoms with van der Waals surface area (Å²) in [5.74, 6) is 0.588. The molecule has 2 rings (SSSR count). The van der Waals surface area contributed by atoms with Crippen LogP contribution in [-0.4, -0.2) is 61.3 Å². The van der Waals surface area contributed by atoms with Crippen LogP contribution in [0.25, 0.3) is 0 Å². The number of hydrogen-bond donors (Lipinski definition) is 3. The number of nitrogens with zero attached hydrogens (tertiary/aromatic N) is 1. The smallest absolute Gasteiger partial charge is 0.234 e. The van der Waals surface area contributed by atoms with E-state index in [0.717, 1.165) is 52.0 Å². The van der Waals surface area contributed by atoms with Crippen molar-refractivity contribution >= 4 is 5.91 Å². The molecule has 1 aliphatic carbocycles. The Morgan fingerprint density at radius 3 is 2.76 bits per heavy atom. The first-order chi connectivity index (χ1) is 8.24. The summed E-state index contributed by atoms with van der Waals surface area (Å²) in [6, 6.07) is 0. The van der Waals surface area contributed by atoms with E-state index in [1.807, 2.05) is 0 Å². The molecule has 5 nitrogen and oxygen atoms in total. The van der Waals surface area contributed by atoms with Crippen LogP contribution in [0.5, 0.6) is 0 Å². The van der Waals surface area contributed by atoms with Gasteiger partial charge in [-0.15, -0.1) is 0 Å². The van der Waals surface area contributed by atoms with E-state index in [1.54, 1.807) is 0 Å². The van der Waals surface area contributed by atoms with Crippen molar-refractivity contribution in [1.29, 1.82) is 0 Å². The molecule has 1 saturated heterocycles. The Hall–Kier alpha value is -0.650. The Morgan fingerprint density at radius 2 is 2.12 bits per heavy atom. The van der Waals surface area contributed by atoms with Crippen LogP contribution in [0.2, 0.25) is 0 Å². The maximum Gasteiger partial charge on any atom is 0.234 e. The van der Waals surface area contributed by atoms with Crippen molar-refractivity contribution in [2.45, 2.75) is 25.4 Å². The summed E-state index contributed by atoms with van der Waals surface area (Å²) >= 11 is 0. The molecule has 0 radical (unpaired) electrons. The van der Waals surface area contributed by atoms with Gasteiger partial charge in [-0.1, -0.05) is 0 Å². The first-order valence-electron chi connectivity index (χ1n) is 6.62. The first-order valence-corrected chi connectivity index (χ1v) is 6.62. The number of carbonyl (C=O) groups is 1. The zero-order valence-electron chi connectivity index (χ0n) is 10.3. The van der Waals surface area contributed by atoms with Crippen LogP contribution in [0, 0.1) is 5.92 Å². The molecule has 1 heterocycles. The third kappa shape index (κ3) is 4.26. The third-order valence-corrected chi connectivity index (χ3v) is 3.68. The van der Waals surface area contributed by atoms with Gasteiger partial charge in [0, 0.05) is 32.7 Å². The molecule has 0 aromatic rings. The van der Waals surface area contributed by atoms with Gasteiger partial charge in [-0.25, -0.2) is 0 Å². The molecule has 0 spiro atoms. The minimum absolute atomic E-state index is 0.119. The summed E-state index contributed by atoms with van der Waals surface area (Å²) in [4.78, 5) is 13.9. The van der Waals surface area contributed by atoms with Gasteiger partial charge in [0.25, 0.3) is 0 Å². The van der Waals surface area contributed by atoms with Gasteiger partial charge in [-0.3, -0.25) is 9.69 Å². The quantitative estimate of drug-likeness (QED) is 0.601. The summed E-state index contributed by atoms with van der Waals surface area (Å²) in [6.45, 7) is 5.09. The normalized spacial score (nSPS) is 30.4. The lowest BCUT2D eigenvalue weighted by Crippen LogP contribution is -2.47. The highest BCUT2D eigenvalue weighted by Gasteiger charge is 2.23. The van der Waals surface area contributed by atoms with Gasteiger partial charge in [-0.2, -0.15) is 0 Å². The molecule has 98 valence electrons. The van der Waals surface area contributed by atoms with Gasteiger partial charge in [0.1, 0.15) is 0 Å². The van der Waals surface area contributed by atoms with Crippen LogP contribution in [0.15, 0.2) is 0 Å². The topological polar surface area (TPSA) is 64.6 Å². The Labute approximate surface area is 103 Å². The summed E-state index contributed by atoms with van der Waals surface area (Å²) < 4.78 is 0. The van der Waals surface area contributed by atoms with E-state index < -0.39 is 0 Å². The highest BCUT2D eigenvalue weighted by atomic mass is 16.3. The highest BCUT2D eigenvalue weighted by Crippen LogP contribution is 2.24. The molecule has 2 atom stereocenters. The molecular weight excluding hydrogens is 218 g/mol. The second kappa shape index (κ2) is 6.33. The molecule has 2 fully saturated rings. The molecule has 5 heteroatoms.